The molecule has 0 aliphatic carbocycles. The Hall–Kier alpha value is -2.73. The molecule has 0 saturated carbocycles. The Bertz CT molecular complexity index is 866. The van der Waals surface area contributed by atoms with Gasteiger partial charge >= 0.3 is 0 Å². The van der Waals surface area contributed by atoms with Gasteiger partial charge in [-0.25, -0.2) is 0 Å². The van der Waals surface area contributed by atoms with E-state index in [-0.39, 0.29) is 23.4 Å². The summed E-state index contributed by atoms with van der Waals surface area (Å²) in [5.74, 6) is 0.452. The van der Waals surface area contributed by atoms with Crippen molar-refractivity contribution in [2.45, 2.75) is 20.8 Å². The lowest BCUT2D eigenvalue weighted by Crippen LogP contribution is -2.35. The number of nitrogens with one attached hydrogen (secondary N) is 1. The molecule has 2 amide bonds. The van der Waals surface area contributed by atoms with E-state index in [9.17, 15) is 9.59 Å². The molecule has 2 aromatic rings. The average Bonchev–Trinajstić information content (AvgIpc) is 2.67. The Morgan fingerprint density at radius 1 is 1.17 bits per heavy atom. The van der Waals surface area contributed by atoms with Crippen molar-refractivity contribution in [1.29, 1.82) is 0 Å². The van der Waals surface area contributed by atoms with Gasteiger partial charge in [0, 0.05) is 18.3 Å². The van der Waals surface area contributed by atoms with Crippen LogP contribution >= 0.6 is 11.6 Å². The first-order valence-electron chi connectivity index (χ1n) is 9.33. The van der Waals surface area contributed by atoms with Gasteiger partial charge in [0.05, 0.1) is 25.3 Å². The number of carbonyl (C=O) groups excluding carboxylic acids is 2. The number of anilines is 1. The molecule has 7 heteroatoms. The zero-order valence-corrected chi connectivity index (χ0v) is 18.2. The molecule has 6 nitrogen and oxygen atoms in total. The minimum absolute atomic E-state index is 0.0990. The molecular weight excluding hydrogens is 392 g/mol. The van der Waals surface area contributed by atoms with Crippen LogP contribution in [0.3, 0.4) is 0 Å². The van der Waals surface area contributed by atoms with Crippen molar-refractivity contribution in [2.24, 2.45) is 5.92 Å². The van der Waals surface area contributed by atoms with Crippen LogP contribution in [0.4, 0.5) is 5.69 Å². The maximum absolute atomic E-state index is 12.8. The molecule has 29 heavy (non-hydrogen) atoms. The molecule has 0 fully saturated rings. The average molecular weight is 419 g/mol. The highest BCUT2D eigenvalue weighted by atomic mass is 35.5. The number of amides is 2. The van der Waals surface area contributed by atoms with E-state index in [0.717, 1.165) is 5.56 Å². The molecular formula is C22H27ClN2O4. The molecule has 2 aromatic carbocycles. The molecule has 0 radical (unpaired) electrons. The van der Waals surface area contributed by atoms with E-state index in [1.54, 1.807) is 13.1 Å². The van der Waals surface area contributed by atoms with Gasteiger partial charge < -0.3 is 19.7 Å². The SMILES string of the molecule is COc1cc(C(=O)N(C)CC(=O)Nc2ccc(C)cc2)cc(Cl)c1OCC(C)C. The standard InChI is InChI=1S/C22H27ClN2O4/c1-14(2)13-29-21-18(23)10-16(11-19(21)28-5)22(27)25(4)12-20(26)24-17-8-6-15(3)7-9-17/h6-11,14H,12-13H2,1-5H3,(H,24,26). The molecule has 0 atom stereocenters. The summed E-state index contributed by atoms with van der Waals surface area (Å²) in [6.45, 7) is 6.39. The Morgan fingerprint density at radius 2 is 1.83 bits per heavy atom. The van der Waals surface area contributed by atoms with Crippen LogP contribution in [-0.2, 0) is 4.79 Å². The maximum Gasteiger partial charge on any atom is 0.254 e. The second-order valence-electron chi connectivity index (χ2n) is 7.27. The summed E-state index contributed by atoms with van der Waals surface area (Å²) in [5.41, 5.74) is 2.09. The van der Waals surface area contributed by atoms with Crippen molar-refractivity contribution in [2.75, 3.05) is 32.6 Å². The second kappa shape index (κ2) is 10.2. The lowest BCUT2D eigenvalue weighted by molar-refractivity contribution is -0.116. The van der Waals surface area contributed by atoms with Crippen LogP contribution < -0.4 is 14.8 Å². The monoisotopic (exact) mass is 418 g/mol. The van der Waals surface area contributed by atoms with Gasteiger partial charge in [-0.1, -0.05) is 43.1 Å². The highest BCUT2D eigenvalue weighted by Gasteiger charge is 2.20. The Balaban J connectivity index is 2.08. The van der Waals surface area contributed by atoms with Crippen molar-refractivity contribution in [3.63, 3.8) is 0 Å². The van der Waals surface area contributed by atoms with E-state index in [2.05, 4.69) is 5.32 Å². The van der Waals surface area contributed by atoms with Gasteiger partial charge in [0.25, 0.3) is 5.91 Å². The fourth-order valence-electron chi connectivity index (χ4n) is 2.58. The second-order valence-corrected chi connectivity index (χ2v) is 7.68. The molecule has 0 aliphatic heterocycles. The fraction of sp³-hybridized carbons (Fsp3) is 0.364. The van der Waals surface area contributed by atoms with Gasteiger partial charge in [-0.3, -0.25) is 9.59 Å². The van der Waals surface area contributed by atoms with Crippen LogP contribution in [0.2, 0.25) is 5.02 Å². The smallest absolute Gasteiger partial charge is 0.254 e. The third-order valence-corrected chi connectivity index (χ3v) is 4.38. The molecule has 0 spiro atoms. The van der Waals surface area contributed by atoms with Gasteiger partial charge in [-0.2, -0.15) is 0 Å². The highest BCUT2D eigenvalue weighted by Crippen LogP contribution is 2.37. The van der Waals surface area contributed by atoms with Gasteiger partial charge in [0.15, 0.2) is 11.5 Å². The first kappa shape index (κ1) is 22.6. The molecule has 0 heterocycles. The molecule has 0 aromatic heterocycles. The van der Waals surface area contributed by atoms with Gasteiger partial charge in [0.1, 0.15) is 0 Å². The third-order valence-electron chi connectivity index (χ3n) is 4.10. The third kappa shape index (κ3) is 6.39. The normalized spacial score (nSPS) is 10.6. The zero-order valence-electron chi connectivity index (χ0n) is 17.4. The first-order valence-corrected chi connectivity index (χ1v) is 9.71. The summed E-state index contributed by atoms with van der Waals surface area (Å²) in [6.07, 6.45) is 0. The van der Waals surface area contributed by atoms with Crippen LogP contribution in [0, 0.1) is 12.8 Å². The minimum Gasteiger partial charge on any atom is -0.493 e. The van der Waals surface area contributed by atoms with Crippen LogP contribution in [-0.4, -0.2) is 44.0 Å². The van der Waals surface area contributed by atoms with Gasteiger partial charge in [-0.15, -0.1) is 0 Å². The predicted molar refractivity (Wildman–Crippen MR) is 115 cm³/mol. The van der Waals surface area contributed by atoms with Gasteiger partial charge in [-0.05, 0) is 37.1 Å². The number of nitrogens with zero attached hydrogens (tertiary/aromatic N) is 1. The molecule has 2 rings (SSSR count). The van der Waals surface area contributed by atoms with E-state index in [1.807, 2.05) is 45.0 Å². The van der Waals surface area contributed by atoms with Crippen LogP contribution in [0.1, 0.15) is 29.8 Å². The quantitative estimate of drug-likeness (QED) is 0.689. The molecule has 1 N–H and O–H groups in total. The topological polar surface area (TPSA) is 67.9 Å². The number of hydrogen-bond donors (Lipinski definition) is 1. The number of aryl methyl sites for hydroxylation is 1. The van der Waals surface area contributed by atoms with Crippen molar-refractivity contribution >= 4 is 29.1 Å². The molecule has 0 aliphatic rings. The number of rotatable bonds is 8. The molecule has 0 saturated heterocycles. The van der Waals surface area contributed by atoms with E-state index in [0.29, 0.717) is 35.3 Å². The van der Waals surface area contributed by atoms with Crippen molar-refractivity contribution in [1.82, 2.24) is 4.90 Å². The Kier molecular flexibility index (Phi) is 7.91. The minimum atomic E-state index is -0.348. The molecule has 0 unspecified atom stereocenters. The number of carbonyl (C=O) groups is 2. The number of ether oxygens (including phenoxy) is 2. The summed E-state index contributed by atoms with van der Waals surface area (Å²) in [5, 5.41) is 3.06. The van der Waals surface area contributed by atoms with Crippen LogP contribution in [0.15, 0.2) is 36.4 Å². The van der Waals surface area contributed by atoms with E-state index in [1.165, 1.54) is 18.1 Å². The summed E-state index contributed by atoms with van der Waals surface area (Å²) < 4.78 is 11.0. The zero-order chi connectivity index (χ0) is 21.6. The summed E-state index contributed by atoms with van der Waals surface area (Å²) >= 11 is 6.32. The lowest BCUT2D eigenvalue weighted by atomic mass is 10.1. The van der Waals surface area contributed by atoms with E-state index < -0.39 is 0 Å². The summed E-state index contributed by atoms with van der Waals surface area (Å²) in [7, 11) is 3.04. The van der Waals surface area contributed by atoms with E-state index in [4.69, 9.17) is 21.1 Å². The number of benzene rings is 2. The first-order chi connectivity index (χ1) is 13.7. The fourth-order valence-corrected chi connectivity index (χ4v) is 2.84. The van der Waals surface area contributed by atoms with Crippen LogP contribution in [0.5, 0.6) is 11.5 Å². The molecule has 156 valence electrons. The highest BCUT2D eigenvalue weighted by molar-refractivity contribution is 6.32. The Labute approximate surface area is 176 Å². The largest absolute Gasteiger partial charge is 0.493 e. The number of halogens is 1. The summed E-state index contributed by atoms with van der Waals surface area (Å²) in [6, 6.07) is 10.5. The van der Waals surface area contributed by atoms with Crippen molar-refractivity contribution < 1.29 is 19.1 Å². The predicted octanol–water partition coefficient (Wildman–Crippen LogP) is 4.40. The maximum atomic E-state index is 12.8. The molecule has 0 bridgehead atoms. The van der Waals surface area contributed by atoms with E-state index >= 15 is 0 Å². The summed E-state index contributed by atoms with van der Waals surface area (Å²) in [4.78, 5) is 26.3. The number of methoxy groups -OCH3 is 1. The Morgan fingerprint density at radius 3 is 2.41 bits per heavy atom. The van der Waals surface area contributed by atoms with Crippen molar-refractivity contribution in [3.05, 3.63) is 52.5 Å². The number of likely N-dealkylation sites (N-methyl/N-ethyl adjacent to an activating group) is 1. The number of hydrogen-bond acceptors (Lipinski definition) is 4. The lowest BCUT2D eigenvalue weighted by Gasteiger charge is -2.19. The van der Waals surface area contributed by atoms with Crippen LogP contribution in [0.25, 0.3) is 0 Å². The van der Waals surface area contributed by atoms with Crippen molar-refractivity contribution in [3.8, 4) is 11.5 Å². The van der Waals surface area contributed by atoms with Gasteiger partial charge in [0.2, 0.25) is 5.91 Å².